The van der Waals surface area contributed by atoms with Gasteiger partial charge in [-0.3, -0.25) is 4.79 Å². The van der Waals surface area contributed by atoms with Gasteiger partial charge in [0.2, 0.25) is 0 Å². The van der Waals surface area contributed by atoms with E-state index in [-0.39, 0.29) is 12.5 Å². The lowest BCUT2D eigenvalue weighted by molar-refractivity contribution is -0.139. The number of aliphatic carboxylic acids is 1. The van der Waals surface area contributed by atoms with E-state index < -0.39 is 12.1 Å². The van der Waals surface area contributed by atoms with Crippen molar-refractivity contribution in [3.8, 4) is 0 Å². The second-order valence-electron chi connectivity index (χ2n) is 3.03. The molecule has 0 saturated heterocycles. The lowest BCUT2D eigenvalue weighted by Gasteiger charge is -2.08. The van der Waals surface area contributed by atoms with E-state index in [1.54, 1.807) is 6.92 Å². The Morgan fingerprint density at radius 3 is 2.33 bits per heavy atom. The van der Waals surface area contributed by atoms with E-state index in [1.807, 2.05) is 0 Å². The zero-order valence-electron chi connectivity index (χ0n) is 7.23. The van der Waals surface area contributed by atoms with Crippen LogP contribution in [0.4, 0.5) is 0 Å². The molecule has 0 aliphatic carbocycles. The minimum Gasteiger partial charge on any atom is -0.481 e. The Kier molecular flexibility index (Phi) is 5.66. The molecule has 0 aromatic heterocycles. The van der Waals surface area contributed by atoms with E-state index in [0.29, 0.717) is 19.3 Å². The number of carboxylic acid groups (broad SMARTS) is 1. The number of rotatable bonds is 6. The standard InChI is InChI=1S/C8H16O4/c1-6(9)3-2-4-7(10)5-8(11)12/h6-7,9-10H,2-5H2,1H3,(H,11,12)/t6?,7-/m1/s1. The highest BCUT2D eigenvalue weighted by Gasteiger charge is 2.09. The highest BCUT2D eigenvalue weighted by atomic mass is 16.4. The van der Waals surface area contributed by atoms with Crippen LogP contribution in [0.3, 0.4) is 0 Å². The molecule has 0 radical (unpaired) electrons. The smallest absolute Gasteiger partial charge is 0.305 e. The predicted molar refractivity (Wildman–Crippen MR) is 43.8 cm³/mol. The van der Waals surface area contributed by atoms with Crippen LogP contribution in [0.5, 0.6) is 0 Å². The first-order valence-electron chi connectivity index (χ1n) is 4.10. The maximum atomic E-state index is 10.1. The molecule has 0 spiro atoms. The lowest BCUT2D eigenvalue weighted by atomic mass is 10.1. The second-order valence-corrected chi connectivity index (χ2v) is 3.03. The molecule has 0 fully saturated rings. The van der Waals surface area contributed by atoms with Gasteiger partial charge in [0.25, 0.3) is 0 Å². The minimum absolute atomic E-state index is 0.209. The van der Waals surface area contributed by atoms with Crippen LogP contribution in [0.15, 0.2) is 0 Å². The molecule has 0 rings (SSSR count). The summed E-state index contributed by atoms with van der Waals surface area (Å²) in [5.41, 5.74) is 0. The zero-order chi connectivity index (χ0) is 9.56. The van der Waals surface area contributed by atoms with Crippen LogP contribution in [0, 0.1) is 0 Å². The normalized spacial score (nSPS) is 15.6. The molecule has 0 bridgehead atoms. The van der Waals surface area contributed by atoms with Gasteiger partial charge in [0.05, 0.1) is 18.6 Å². The fourth-order valence-electron chi connectivity index (χ4n) is 0.953. The van der Waals surface area contributed by atoms with Gasteiger partial charge < -0.3 is 15.3 Å². The van der Waals surface area contributed by atoms with Gasteiger partial charge in [-0.25, -0.2) is 0 Å². The number of carbonyl (C=O) groups is 1. The molecule has 4 nitrogen and oxygen atoms in total. The average Bonchev–Trinajstić information content (AvgIpc) is 1.84. The van der Waals surface area contributed by atoms with Gasteiger partial charge in [-0.1, -0.05) is 0 Å². The first-order valence-corrected chi connectivity index (χ1v) is 4.10. The van der Waals surface area contributed by atoms with Gasteiger partial charge in [-0.15, -0.1) is 0 Å². The average molecular weight is 176 g/mol. The molecular formula is C8H16O4. The molecule has 0 amide bonds. The fourth-order valence-corrected chi connectivity index (χ4v) is 0.953. The largest absolute Gasteiger partial charge is 0.481 e. The Morgan fingerprint density at radius 1 is 1.33 bits per heavy atom. The molecule has 0 aromatic rings. The van der Waals surface area contributed by atoms with Crippen molar-refractivity contribution in [2.24, 2.45) is 0 Å². The van der Waals surface area contributed by atoms with Gasteiger partial charge in [0.15, 0.2) is 0 Å². The number of hydrogen-bond donors (Lipinski definition) is 3. The van der Waals surface area contributed by atoms with Crippen LogP contribution in [0.2, 0.25) is 0 Å². The van der Waals surface area contributed by atoms with Crippen molar-refractivity contribution in [1.82, 2.24) is 0 Å². The van der Waals surface area contributed by atoms with Crippen molar-refractivity contribution in [2.45, 2.75) is 44.8 Å². The topological polar surface area (TPSA) is 77.8 Å². The Morgan fingerprint density at radius 2 is 1.92 bits per heavy atom. The summed E-state index contributed by atoms with van der Waals surface area (Å²) in [6.45, 7) is 1.67. The Bertz CT molecular complexity index is 133. The van der Waals surface area contributed by atoms with Crippen LogP contribution < -0.4 is 0 Å². The number of aliphatic hydroxyl groups is 2. The van der Waals surface area contributed by atoms with Crippen LogP contribution in [0.1, 0.15) is 32.6 Å². The molecule has 0 heterocycles. The fraction of sp³-hybridized carbons (Fsp3) is 0.875. The van der Waals surface area contributed by atoms with Crippen molar-refractivity contribution >= 4 is 5.97 Å². The maximum absolute atomic E-state index is 10.1. The van der Waals surface area contributed by atoms with Gasteiger partial charge in [-0.05, 0) is 26.2 Å². The van der Waals surface area contributed by atoms with Crippen molar-refractivity contribution < 1.29 is 20.1 Å². The molecule has 0 aliphatic heterocycles. The Labute approximate surface area is 71.8 Å². The highest BCUT2D eigenvalue weighted by molar-refractivity contribution is 5.67. The molecule has 0 aromatic carbocycles. The molecule has 3 N–H and O–H groups in total. The van der Waals surface area contributed by atoms with E-state index in [4.69, 9.17) is 15.3 Å². The van der Waals surface area contributed by atoms with Gasteiger partial charge >= 0.3 is 5.97 Å². The number of carboxylic acids is 1. The molecule has 2 atom stereocenters. The van der Waals surface area contributed by atoms with Crippen LogP contribution >= 0.6 is 0 Å². The summed E-state index contributed by atoms with van der Waals surface area (Å²) in [5.74, 6) is -0.987. The quantitative estimate of drug-likeness (QED) is 0.546. The van der Waals surface area contributed by atoms with E-state index in [0.717, 1.165) is 0 Å². The monoisotopic (exact) mass is 176 g/mol. The molecule has 0 saturated carbocycles. The third-order valence-electron chi connectivity index (χ3n) is 1.57. The summed E-state index contributed by atoms with van der Waals surface area (Å²) < 4.78 is 0. The van der Waals surface area contributed by atoms with E-state index in [9.17, 15) is 4.79 Å². The molecular weight excluding hydrogens is 160 g/mol. The number of aliphatic hydroxyl groups excluding tert-OH is 2. The summed E-state index contributed by atoms with van der Waals surface area (Å²) in [7, 11) is 0. The molecule has 1 unspecified atom stereocenters. The Balaban J connectivity index is 3.31. The summed E-state index contributed by atoms with van der Waals surface area (Å²) >= 11 is 0. The van der Waals surface area contributed by atoms with Crippen LogP contribution in [0.25, 0.3) is 0 Å². The Hall–Kier alpha value is -0.610. The van der Waals surface area contributed by atoms with Crippen molar-refractivity contribution in [3.05, 3.63) is 0 Å². The summed E-state index contributed by atoms with van der Waals surface area (Å²) in [5, 5.41) is 26.2. The first-order chi connectivity index (χ1) is 5.52. The second kappa shape index (κ2) is 5.97. The summed E-state index contributed by atoms with van der Waals surface area (Å²) in [4.78, 5) is 10.1. The first kappa shape index (κ1) is 11.4. The van der Waals surface area contributed by atoms with Gasteiger partial charge in [0, 0.05) is 0 Å². The number of hydrogen-bond acceptors (Lipinski definition) is 3. The molecule has 72 valence electrons. The van der Waals surface area contributed by atoms with Gasteiger partial charge in [-0.2, -0.15) is 0 Å². The van der Waals surface area contributed by atoms with Crippen LogP contribution in [-0.2, 0) is 4.79 Å². The minimum atomic E-state index is -0.987. The molecule has 12 heavy (non-hydrogen) atoms. The van der Waals surface area contributed by atoms with E-state index >= 15 is 0 Å². The van der Waals surface area contributed by atoms with Crippen molar-refractivity contribution in [3.63, 3.8) is 0 Å². The van der Waals surface area contributed by atoms with E-state index in [1.165, 1.54) is 0 Å². The van der Waals surface area contributed by atoms with Crippen LogP contribution in [-0.4, -0.2) is 33.5 Å². The SMILES string of the molecule is CC(O)CCC[C@@H](O)CC(=O)O. The third kappa shape index (κ3) is 7.50. The molecule has 0 aliphatic rings. The predicted octanol–water partition coefficient (Wildman–Crippen LogP) is 0.373. The molecule has 4 heteroatoms. The maximum Gasteiger partial charge on any atom is 0.305 e. The summed E-state index contributed by atoms with van der Waals surface area (Å²) in [6.07, 6.45) is 0.350. The highest BCUT2D eigenvalue weighted by Crippen LogP contribution is 2.06. The van der Waals surface area contributed by atoms with Crippen molar-refractivity contribution in [1.29, 1.82) is 0 Å². The van der Waals surface area contributed by atoms with Crippen molar-refractivity contribution in [2.75, 3.05) is 0 Å². The zero-order valence-corrected chi connectivity index (χ0v) is 7.23. The third-order valence-corrected chi connectivity index (χ3v) is 1.57. The van der Waals surface area contributed by atoms with E-state index in [2.05, 4.69) is 0 Å². The summed E-state index contributed by atoms with van der Waals surface area (Å²) in [6, 6.07) is 0. The van der Waals surface area contributed by atoms with Gasteiger partial charge in [0.1, 0.15) is 0 Å². The lowest BCUT2D eigenvalue weighted by Crippen LogP contribution is -2.13.